The lowest BCUT2D eigenvalue weighted by Gasteiger charge is -2.14. The minimum atomic E-state index is -0.732. The van der Waals surface area contributed by atoms with Crippen LogP contribution < -0.4 is 0 Å². The summed E-state index contributed by atoms with van der Waals surface area (Å²) in [6, 6.07) is 0. The van der Waals surface area contributed by atoms with E-state index in [0.717, 1.165) is 5.33 Å². The zero-order valence-corrected chi connectivity index (χ0v) is 8.18. The Balaban J connectivity index is 2.52. The maximum Gasteiger partial charge on any atom is 0.337 e. The third-order valence-electron chi connectivity index (χ3n) is 1.41. The minimum absolute atomic E-state index is 0.255. The van der Waals surface area contributed by atoms with Crippen LogP contribution in [0.5, 0.6) is 0 Å². The SMILES string of the molecule is CC1(C)OC(=O)C(CCBr)O1. The van der Waals surface area contributed by atoms with Gasteiger partial charge in [-0.2, -0.15) is 0 Å². The van der Waals surface area contributed by atoms with Gasteiger partial charge in [-0.1, -0.05) is 15.9 Å². The van der Waals surface area contributed by atoms with Crippen molar-refractivity contribution in [2.24, 2.45) is 0 Å². The van der Waals surface area contributed by atoms with Gasteiger partial charge in [0.15, 0.2) is 6.10 Å². The first kappa shape index (κ1) is 9.00. The second-order valence-electron chi connectivity index (χ2n) is 2.91. The monoisotopic (exact) mass is 222 g/mol. The van der Waals surface area contributed by atoms with Crippen LogP contribution in [0.25, 0.3) is 0 Å². The van der Waals surface area contributed by atoms with Crippen LogP contribution in [0, 0.1) is 0 Å². The molecule has 0 bridgehead atoms. The second kappa shape index (κ2) is 3.11. The van der Waals surface area contributed by atoms with Crippen molar-refractivity contribution >= 4 is 21.9 Å². The van der Waals surface area contributed by atoms with Gasteiger partial charge in [0.1, 0.15) is 0 Å². The normalized spacial score (nSPS) is 28.6. The molecule has 0 saturated carbocycles. The van der Waals surface area contributed by atoms with Crippen LogP contribution in [0.2, 0.25) is 0 Å². The van der Waals surface area contributed by atoms with E-state index in [9.17, 15) is 4.79 Å². The Bertz CT molecular complexity index is 167. The topological polar surface area (TPSA) is 35.5 Å². The Morgan fingerprint density at radius 2 is 2.27 bits per heavy atom. The van der Waals surface area contributed by atoms with Gasteiger partial charge < -0.3 is 9.47 Å². The van der Waals surface area contributed by atoms with Gasteiger partial charge in [-0.15, -0.1) is 0 Å². The van der Waals surface area contributed by atoms with Crippen LogP contribution in [-0.2, 0) is 14.3 Å². The number of alkyl halides is 1. The smallest absolute Gasteiger partial charge is 0.337 e. The molecule has 1 atom stereocenters. The Morgan fingerprint density at radius 3 is 2.64 bits per heavy atom. The Kier molecular flexibility index (Phi) is 2.54. The summed E-state index contributed by atoms with van der Waals surface area (Å²) >= 11 is 3.24. The number of hydrogen-bond acceptors (Lipinski definition) is 3. The van der Waals surface area contributed by atoms with Crippen LogP contribution in [0.15, 0.2) is 0 Å². The van der Waals surface area contributed by atoms with Crippen molar-refractivity contribution in [1.29, 1.82) is 0 Å². The highest BCUT2D eigenvalue weighted by Crippen LogP contribution is 2.25. The molecule has 4 heteroatoms. The number of carbonyl (C=O) groups excluding carboxylic acids is 1. The van der Waals surface area contributed by atoms with E-state index in [2.05, 4.69) is 15.9 Å². The number of ether oxygens (including phenoxy) is 2. The summed E-state index contributed by atoms with van der Waals surface area (Å²) in [6.45, 7) is 3.47. The van der Waals surface area contributed by atoms with Gasteiger partial charge in [-0.05, 0) is 6.42 Å². The van der Waals surface area contributed by atoms with Crippen LogP contribution in [0.1, 0.15) is 20.3 Å². The number of rotatable bonds is 2. The van der Waals surface area contributed by atoms with Crippen molar-refractivity contribution in [2.45, 2.75) is 32.2 Å². The second-order valence-corrected chi connectivity index (χ2v) is 3.70. The molecule has 1 fully saturated rings. The molecule has 0 aromatic rings. The third kappa shape index (κ3) is 2.17. The molecule has 0 spiro atoms. The highest BCUT2D eigenvalue weighted by atomic mass is 79.9. The molecule has 64 valence electrons. The van der Waals surface area contributed by atoms with Gasteiger partial charge in [0.25, 0.3) is 0 Å². The molecule has 1 saturated heterocycles. The quantitative estimate of drug-likeness (QED) is 0.525. The van der Waals surface area contributed by atoms with Crippen molar-refractivity contribution in [2.75, 3.05) is 5.33 Å². The first-order chi connectivity index (χ1) is 5.05. The molecule has 0 N–H and O–H groups in total. The van der Waals surface area contributed by atoms with E-state index in [-0.39, 0.29) is 12.1 Å². The highest BCUT2D eigenvalue weighted by molar-refractivity contribution is 9.09. The largest absolute Gasteiger partial charge is 0.432 e. The van der Waals surface area contributed by atoms with Crippen LogP contribution in [0.3, 0.4) is 0 Å². The van der Waals surface area contributed by atoms with Gasteiger partial charge >= 0.3 is 5.97 Å². The molecule has 1 aliphatic rings. The van der Waals surface area contributed by atoms with E-state index in [1.54, 1.807) is 13.8 Å². The van der Waals surface area contributed by atoms with Crippen LogP contribution in [0.4, 0.5) is 0 Å². The third-order valence-corrected chi connectivity index (χ3v) is 1.86. The molecule has 11 heavy (non-hydrogen) atoms. The zero-order chi connectivity index (χ0) is 8.48. The van der Waals surface area contributed by atoms with Gasteiger partial charge in [0.05, 0.1) is 0 Å². The minimum Gasteiger partial charge on any atom is -0.432 e. The maximum absolute atomic E-state index is 11.0. The molecule has 0 aromatic heterocycles. The lowest BCUT2D eigenvalue weighted by molar-refractivity contribution is -0.160. The van der Waals surface area contributed by atoms with E-state index in [1.807, 2.05) is 0 Å². The predicted octanol–water partition coefficient (Wildman–Crippen LogP) is 1.45. The average molecular weight is 223 g/mol. The molecule has 0 amide bonds. The number of hydrogen-bond donors (Lipinski definition) is 0. The molecule has 0 radical (unpaired) electrons. The molecule has 1 rings (SSSR count). The summed E-state index contributed by atoms with van der Waals surface area (Å²) in [5.41, 5.74) is 0. The first-order valence-corrected chi connectivity index (χ1v) is 4.64. The number of esters is 1. The van der Waals surface area contributed by atoms with Gasteiger partial charge in [-0.3, -0.25) is 0 Å². The molecular formula is C7H11BrO3. The Labute approximate surface area is 74.2 Å². The molecule has 3 nitrogen and oxygen atoms in total. The van der Waals surface area contributed by atoms with E-state index < -0.39 is 5.79 Å². The van der Waals surface area contributed by atoms with E-state index in [1.165, 1.54) is 0 Å². The van der Waals surface area contributed by atoms with Gasteiger partial charge in [0, 0.05) is 19.2 Å². The fraction of sp³-hybridized carbons (Fsp3) is 0.857. The fourth-order valence-corrected chi connectivity index (χ4v) is 1.41. The van der Waals surface area contributed by atoms with Gasteiger partial charge in [-0.25, -0.2) is 4.79 Å². The van der Waals surface area contributed by atoms with E-state index in [4.69, 9.17) is 9.47 Å². The van der Waals surface area contributed by atoms with E-state index >= 15 is 0 Å². The zero-order valence-electron chi connectivity index (χ0n) is 6.59. The lowest BCUT2D eigenvalue weighted by atomic mass is 10.3. The van der Waals surface area contributed by atoms with Crippen LogP contribution in [-0.4, -0.2) is 23.2 Å². The maximum atomic E-state index is 11.0. The summed E-state index contributed by atoms with van der Waals surface area (Å²) < 4.78 is 10.2. The van der Waals surface area contributed by atoms with Crippen molar-refractivity contribution in [1.82, 2.24) is 0 Å². The number of halogens is 1. The predicted molar refractivity (Wildman–Crippen MR) is 43.5 cm³/mol. The van der Waals surface area contributed by atoms with Crippen molar-refractivity contribution < 1.29 is 14.3 Å². The Hall–Kier alpha value is -0.0900. The molecular weight excluding hydrogens is 212 g/mol. The molecule has 0 aromatic carbocycles. The molecule has 1 unspecified atom stereocenters. The van der Waals surface area contributed by atoms with Gasteiger partial charge in [0.2, 0.25) is 5.79 Å². The van der Waals surface area contributed by atoms with E-state index in [0.29, 0.717) is 6.42 Å². The van der Waals surface area contributed by atoms with Crippen molar-refractivity contribution in [3.63, 3.8) is 0 Å². The molecule has 1 aliphatic heterocycles. The lowest BCUT2D eigenvalue weighted by Crippen LogP contribution is -2.21. The number of carbonyl (C=O) groups is 1. The standard InChI is InChI=1S/C7H11BrO3/c1-7(2)10-5(3-4-8)6(9)11-7/h5H,3-4H2,1-2H3. The summed E-state index contributed by atoms with van der Waals surface area (Å²) in [6.07, 6.45) is 0.284. The van der Waals surface area contributed by atoms with Crippen molar-refractivity contribution in [3.8, 4) is 0 Å². The summed E-state index contributed by atoms with van der Waals surface area (Å²) in [4.78, 5) is 11.0. The summed E-state index contributed by atoms with van der Waals surface area (Å²) in [5.74, 6) is -0.987. The molecule has 1 heterocycles. The first-order valence-electron chi connectivity index (χ1n) is 3.52. The van der Waals surface area contributed by atoms with Crippen LogP contribution >= 0.6 is 15.9 Å². The Morgan fingerprint density at radius 1 is 1.64 bits per heavy atom. The molecule has 0 aliphatic carbocycles. The van der Waals surface area contributed by atoms with Crippen molar-refractivity contribution in [3.05, 3.63) is 0 Å². The summed E-state index contributed by atoms with van der Waals surface area (Å²) in [7, 11) is 0. The average Bonchev–Trinajstić information content (AvgIpc) is 2.07. The number of cyclic esters (lactones) is 1. The fourth-order valence-electron chi connectivity index (χ4n) is 0.999. The summed E-state index contributed by atoms with van der Waals surface area (Å²) in [5, 5.41) is 0.753. The highest BCUT2D eigenvalue weighted by Gasteiger charge is 2.40.